The van der Waals surface area contributed by atoms with E-state index >= 15 is 0 Å². The summed E-state index contributed by atoms with van der Waals surface area (Å²) in [5.74, 6) is 0.401. The summed E-state index contributed by atoms with van der Waals surface area (Å²) in [7, 11) is 1.60. The smallest absolute Gasteiger partial charge is 0.270 e. The highest BCUT2D eigenvalue weighted by Crippen LogP contribution is 2.29. The Morgan fingerprint density at radius 2 is 1.87 bits per heavy atom. The molecule has 0 fully saturated rings. The van der Waals surface area contributed by atoms with Crippen LogP contribution in [-0.4, -0.2) is 28.2 Å². The minimum absolute atomic E-state index is 0.285. The molecule has 7 heteroatoms. The van der Waals surface area contributed by atoms with Crippen LogP contribution in [0.15, 0.2) is 79.1 Å². The fourth-order valence-electron chi connectivity index (χ4n) is 3.20. The molecule has 0 aliphatic rings. The van der Waals surface area contributed by atoms with Gasteiger partial charge in [-0.3, -0.25) is 14.9 Å². The number of methoxy groups -OCH3 is 1. The van der Waals surface area contributed by atoms with Crippen LogP contribution in [0.5, 0.6) is 5.75 Å². The Morgan fingerprint density at radius 3 is 2.60 bits per heavy atom. The molecule has 30 heavy (non-hydrogen) atoms. The lowest BCUT2D eigenvalue weighted by Gasteiger charge is -2.19. The van der Waals surface area contributed by atoms with Gasteiger partial charge in [0.15, 0.2) is 0 Å². The number of aromatic amines is 1. The van der Waals surface area contributed by atoms with Gasteiger partial charge in [0.2, 0.25) is 0 Å². The molecule has 0 aliphatic carbocycles. The summed E-state index contributed by atoms with van der Waals surface area (Å²) in [5, 5.41) is 10.8. The van der Waals surface area contributed by atoms with Crippen LogP contribution in [0.1, 0.15) is 27.7 Å². The van der Waals surface area contributed by atoms with E-state index in [4.69, 9.17) is 16.3 Å². The van der Waals surface area contributed by atoms with Gasteiger partial charge in [0.1, 0.15) is 11.4 Å². The monoisotopic (exact) mass is 418 g/mol. The molecule has 0 saturated carbocycles. The quantitative estimate of drug-likeness (QED) is 0.477. The molecule has 0 bridgehead atoms. The normalized spacial score (nSPS) is 11.7. The van der Waals surface area contributed by atoms with Crippen molar-refractivity contribution in [2.45, 2.75) is 6.04 Å². The number of hydrogen-bond acceptors (Lipinski definition) is 4. The second-order valence-electron chi connectivity index (χ2n) is 6.61. The van der Waals surface area contributed by atoms with Gasteiger partial charge in [-0.2, -0.15) is 5.10 Å². The molecule has 1 amide bonds. The van der Waals surface area contributed by atoms with Gasteiger partial charge in [-0.1, -0.05) is 41.9 Å². The van der Waals surface area contributed by atoms with E-state index in [0.717, 1.165) is 16.7 Å². The van der Waals surface area contributed by atoms with Crippen molar-refractivity contribution in [3.8, 4) is 17.0 Å². The van der Waals surface area contributed by atoms with E-state index in [1.807, 2.05) is 48.5 Å². The highest BCUT2D eigenvalue weighted by atomic mass is 35.5. The third-order valence-corrected chi connectivity index (χ3v) is 4.95. The number of para-hydroxylation sites is 1. The highest BCUT2D eigenvalue weighted by molar-refractivity contribution is 6.30. The van der Waals surface area contributed by atoms with Gasteiger partial charge < -0.3 is 10.1 Å². The molecule has 0 radical (unpaired) electrons. The van der Waals surface area contributed by atoms with Crippen molar-refractivity contribution in [1.82, 2.24) is 20.5 Å². The van der Waals surface area contributed by atoms with Crippen molar-refractivity contribution in [2.75, 3.05) is 7.11 Å². The number of ether oxygens (including phenoxy) is 1. The van der Waals surface area contributed by atoms with Gasteiger partial charge in [-0.15, -0.1) is 0 Å². The van der Waals surface area contributed by atoms with Gasteiger partial charge in [0.05, 0.1) is 18.8 Å². The number of hydrogen-bond donors (Lipinski definition) is 2. The van der Waals surface area contributed by atoms with E-state index in [1.165, 1.54) is 0 Å². The van der Waals surface area contributed by atoms with Crippen LogP contribution in [0.2, 0.25) is 5.02 Å². The van der Waals surface area contributed by atoms with Crippen LogP contribution in [0.4, 0.5) is 0 Å². The summed E-state index contributed by atoms with van der Waals surface area (Å²) in [4.78, 5) is 17.2. The third-order valence-electron chi connectivity index (χ3n) is 4.70. The standard InChI is InChI=1S/C23H19ClN4O2/c1-30-21-7-3-2-6-18(21)19-13-20(28-27-19)23(29)26-22(16-5-4-12-25-14-16)15-8-10-17(24)11-9-15/h2-14,22H,1H3,(H,26,29)(H,27,28)/t22-/m1/s1. The van der Waals surface area contributed by atoms with E-state index in [2.05, 4.69) is 20.5 Å². The Labute approximate surface area is 178 Å². The van der Waals surface area contributed by atoms with Crippen molar-refractivity contribution < 1.29 is 9.53 Å². The van der Waals surface area contributed by atoms with E-state index in [1.54, 1.807) is 37.7 Å². The van der Waals surface area contributed by atoms with Crippen molar-refractivity contribution in [3.63, 3.8) is 0 Å². The van der Waals surface area contributed by atoms with Crippen LogP contribution < -0.4 is 10.1 Å². The molecule has 2 aromatic heterocycles. The molecule has 4 rings (SSSR count). The predicted molar refractivity (Wildman–Crippen MR) is 116 cm³/mol. The first-order valence-corrected chi connectivity index (χ1v) is 9.68. The van der Waals surface area contributed by atoms with Gasteiger partial charge in [-0.05, 0) is 47.5 Å². The average Bonchev–Trinajstić information content (AvgIpc) is 3.29. The largest absolute Gasteiger partial charge is 0.496 e. The Bertz CT molecular complexity index is 1140. The number of halogens is 1. The zero-order chi connectivity index (χ0) is 20.9. The van der Waals surface area contributed by atoms with Crippen LogP contribution in [-0.2, 0) is 0 Å². The molecule has 0 aliphatic heterocycles. The minimum atomic E-state index is -0.388. The molecule has 4 aromatic rings. The summed E-state index contributed by atoms with van der Waals surface area (Å²) in [6.45, 7) is 0. The van der Waals surface area contributed by atoms with E-state index < -0.39 is 0 Å². The summed E-state index contributed by atoms with van der Waals surface area (Å²) < 4.78 is 5.39. The molecule has 0 unspecified atom stereocenters. The topological polar surface area (TPSA) is 79.9 Å². The lowest BCUT2D eigenvalue weighted by atomic mass is 10.00. The number of carbonyl (C=O) groups is 1. The SMILES string of the molecule is COc1ccccc1-c1cc(C(=O)N[C@H](c2ccc(Cl)cc2)c2cccnc2)[nH]n1. The fourth-order valence-corrected chi connectivity index (χ4v) is 3.33. The first-order chi connectivity index (χ1) is 14.7. The minimum Gasteiger partial charge on any atom is -0.496 e. The number of H-pyrrole nitrogens is 1. The lowest BCUT2D eigenvalue weighted by Crippen LogP contribution is -2.29. The molecule has 0 saturated heterocycles. The van der Waals surface area contributed by atoms with Crippen molar-refractivity contribution >= 4 is 17.5 Å². The second-order valence-corrected chi connectivity index (χ2v) is 7.05. The Hall–Kier alpha value is -3.64. The molecule has 6 nitrogen and oxygen atoms in total. The van der Waals surface area contributed by atoms with E-state index in [-0.39, 0.29) is 11.9 Å². The molecule has 2 N–H and O–H groups in total. The number of nitrogens with one attached hydrogen (secondary N) is 2. The number of aromatic nitrogens is 3. The summed E-state index contributed by atoms with van der Waals surface area (Å²) >= 11 is 6.03. The molecule has 0 spiro atoms. The maximum absolute atomic E-state index is 13.0. The zero-order valence-corrected chi connectivity index (χ0v) is 16.9. The molecule has 2 aromatic carbocycles. The van der Waals surface area contributed by atoms with Crippen LogP contribution >= 0.6 is 11.6 Å². The highest BCUT2D eigenvalue weighted by Gasteiger charge is 2.20. The Morgan fingerprint density at radius 1 is 1.07 bits per heavy atom. The molecular formula is C23H19ClN4O2. The number of carbonyl (C=O) groups excluding carboxylic acids is 1. The summed E-state index contributed by atoms with van der Waals surface area (Å²) in [6, 6.07) is 19.9. The van der Waals surface area contributed by atoms with Gasteiger partial charge in [0.25, 0.3) is 5.91 Å². The number of benzene rings is 2. The fraction of sp³-hybridized carbons (Fsp3) is 0.0870. The predicted octanol–water partition coefficient (Wildman–Crippen LogP) is 4.65. The molecule has 150 valence electrons. The Kier molecular flexibility index (Phi) is 5.77. The van der Waals surface area contributed by atoms with E-state index in [9.17, 15) is 4.79 Å². The van der Waals surface area contributed by atoms with Crippen molar-refractivity contribution in [3.05, 3.63) is 101 Å². The maximum Gasteiger partial charge on any atom is 0.270 e. The van der Waals surface area contributed by atoms with E-state index in [0.29, 0.717) is 22.2 Å². The average molecular weight is 419 g/mol. The maximum atomic E-state index is 13.0. The number of rotatable bonds is 6. The van der Waals surface area contributed by atoms with Gasteiger partial charge in [-0.25, -0.2) is 0 Å². The molecule has 2 heterocycles. The molecular weight excluding hydrogens is 400 g/mol. The zero-order valence-electron chi connectivity index (χ0n) is 16.2. The Balaban J connectivity index is 1.62. The number of amides is 1. The van der Waals surface area contributed by atoms with Crippen LogP contribution in [0, 0.1) is 0 Å². The van der Waals surface area contributed by atoms with Crippen LogP contribution in [0.3, 0.4) is 0 Å². The third kappa shape index (κ3) is 4.18. The van der Waals surface area contributed by atoms with Gasteiger partial charge >= 0.3 is 0 Å². The second kappa shape index (κ2) is 8.80. The van der Waals surface area contributed by atoms with Crippen molar-refractivity contribution in [2.24, 2.45) is 0 Å². The number of nitrogens with zero attached hydrogens (tertiary/aromatic N) is 2. The van der Waals surface area contributed by atoms with Crippen molar-refractivity contribution in [1.29, 1.82) is 0 Å². The summed E-state index contributed by atoms with van der Waals surface area (Å²) in [5.41, 5.74) is 3.53. The first kappa shape index (κ1) is 19.7. The van der Waals surface area contributed by atoms with Gasteiger partial charge in [0, 0.05) is 23.0 Å². The van der Waals surface area contributed by atoms with Crippen LogP contribution in [0.25, 0.3) is 11.3 Å². The summed E-state index contributed by atoms with van der Waals surface area (Å²) in [6.07, 6.45) is 3.42. The first-order valence-electron chi connectivity index (χ1n) is 9.31. The number of pyridine rings is 1. The molecule has 1 atom stereocenters. The lowest BCUT2D eigenvalue weighted by molar-refractivity contribution is 0.0938.